The average molecular weight is 268 g/mol. The molecule has 0 aliphatic carbocycles. The van der Waals surface area contributed by atoms with E-state index in [2.05, 4.69) is 25.2 Å². The quantitative estimate of drug-likeness (QED) is 0.373. The van der Waals surface area contributed by atoms with Crippen LogP contribution < -0.4 is 0 Å². The second-order valence-electron chi connectivity index (χ2n) is 4.52. The summed E-state index contributed by atoms with van der Waals surface area (Å²) in [6.45, 7) is 7.46. The lowest BCUT2D eigenvalue weighted by atomic mass is 9.91. The van der Waals surface area contributed by atoms with Crippen LogP contribution in [0.15, 0.2) is 24.5 Å². The number of rotatable bonds is 10. The van der Waals surface area contributed by atoms with E-state index in [0.29, 0.717) is 17.9 Å². The molecule has 0 bridgehead atoms. The van der Waals surface area contributed by atoms with E-state index in [0.717, 1.165) is 31.9 Å². The third-order valence-corrected chi connectivity index (χ3v) is 3.06. The number of carboxylic acid groups (broad SMARTS) is 1. The Balaban J connectivity index is 4.53. The summed E-state index contributed by atoms with van der Waals surface area (Å²) in [5.74, 6) is -1.09. The van der Waals surface area contributed by atoms with E-state index >= 15 is 0 Å². The molecule has 1 atom stereocenters. The van der Waals surface area contributed by atoms with Crippen LogP contribution in [-0.2, 0) is 14.3 Å². The van der Waals surface area contributed by atoms with Gasteiger partial charge < -0.3 is 9.84 Å². The summed E-state index contributed by atoms with van der Waals surface area (Å²) in [5, 5.41) is 9.15. The molecule has 19 heavy (non-hydrogen) atoms. The lowest BCUT2D eigenvalue weighted by Crippen LogP contribution is -2.09. The van der Waals surface area contributed by atoms with E-state index < -0.39 is 11.9 Å². The molecule has 0 radical (unpaired) electrons. The van der Waals surface area contributed by atoms with Crippen molar-refractivity contribution in [3.63, 3.8) is 0 Å². The monoisotopic (exact) mass is 268 g/mol. The van der Waals surface area contributed by atoms with Gasteiger partial charge in [0.2, 0.25) is 0 Å². The van der Waals surface area contributed by atoms with Crippen LogP contribution in [0.25, 0.3) is 0 Å². The van der Waals surface area contributed by atoms with E-state index in [1.165, 1.54) is 6.08 Å². The second kappa shape index (κ2) is 10.4. The first kappa shape index (κ1) is 17.4. The van der Waals surface area contributed by atoms with E-state index in [9.17, 15) is 9.59 Å². The van der Waals surface area contributed by atoms with E-state index in [1.54, 1.807) is 0 Å². The number of aliphatic carboxylic acids is 1. The molecule has 0 saturated carbocycles. The second-order valence-corrected chi connectivity index (χ2v) is 4.52. The van der Waals surface area contributed by atoms with Gasteiger partial charge >= 0.3 is 11.9 Å². The maximum Gasteiger partial charge on any atom is 0.331 e. The van der Waals surface area contributed by atoms with Crippen LogP contribution in [0.1, 0.15) is 52.4 Å². The molecule has 0 aromatic heterocycles. The molecular formula is C15H24O4. The number of hydrogen-bond donors (Lipinski definition) is 1. The van der Waals surface area contributed by atoms with Gasteiger partial charge in [-0.15, -0.1) is 0 Å². The van der Waals surface area contributed by atoms with Crippen molar-refractivity contribution in [1.82, 2.24) is 0 Å². The summed E-state index contributed by atoms with van der Waals surface area (Å²) < 4.78 is 4.56. The van der Waals surface area contributed by atoms with Crippen molar-refractivity contribution in [1.29, 1.82) is 0 Å². The number of ether oxygens (including phenoxy) is 1. The molecule has 0 amide bonds. The van der Waals surface area contributed by atoms with Gasteiger partial charge in [0.05, 0.1) is 12.7 Å². The van der Waals surface area contributed by atoms with E-state index in [-0.39, 0.29) is 6.42 Å². The Kier molecular flexibility index (Phi) is 9.49. The predicted octanol–water partition coefficient (Wildman–Crippen LogP) is 3.68. The minimum absolute atomic E-state index is 0.0299. The average Bonchev–Trinajstić information content (AvgIpc) is 2.38. The van der Waals surface area contributed by atoms with Crippen LogP contribution in [0.2, 0.25) is 0 Å². The van der Waals surface area contributed by atoms with Gasteiger partial charge in [0.25, 0.3) is 0 Å². The first-order valence-corrected chi connectivity index (χ1v) is 6.77. The molecule has 0 rings (SSSR count). The zero-order valence-corrected chi connectivity index (χ0v) is 11.9. The van der Waals surface area contributed by atoms with Crippen molar-refractivity contribution < 1.29 is 19.4 Å². The first-order valence-electron chi connectivity index (χ1n) is 6.77. The van der Waals surface area contributed by atoms with Crippen LogP contribution >= 0.6 is 0 Å². The lowest BCUT2D eigenvalue weighted by molar-refractivity contribution is -0.136. The molecule has 1 unspecified atom stereocenters. The summed E-state index contributed by atoms with van der Waals surface area (Å²) in [7, 11) is 0. The molecule has 0 heterocycles. The van der Waals surface area contributed by atoms with Crippen LogP contribution in [-0.4, -0.2) is 17.0 Å². The van der Waals surface area contributed by atoms with Gasteiger partial charge in [0.1, 0.15) is 0 Å². The summed E-state index contributed by atoms with van der Waals surface area (Å²) in [6, 6.07) is 0. The van der Waals surface area contributed by atoms with Crippen LogP contribution in [0.4, 0.5) is 0 Å². The lowest BCUT2D eigenvalue weighted by Gasteiger charge is -2.14. The summed E-state index contributed by atoms with van der Waals surface area (Å²) in [4.78, 5) is 22.3. The van der Waals surface area contributed by atoms with Crippen molar-refractivity contribution in [2.24, 2.45) is 5.92 Å². The van der Waals surface area contributed by atoms with Gasteiger partial charge in [-0.25, -0.2) is 4.79 Å². The number of unbranched alkanes of at least 4 members (excludes halogenated alkanes) is 1. The van der Waals surface area contributed by atoms with Crippen molar-refractivity contribution >= 4 is 11.9 Å². The van der Waals surface area contributed by atoms with Crippen LogP contribution in [0.5, 0.6) is 0 Å². The third-order valence-electron chi connectivity index (χ3n) is 3.06. The SMILES string of the molecule is C=COC(=O)CC=C(CC(CC)CCCC)C(=O)O. The molecule has 108 valence electrons. The van der Waals surface area contributed by atoms with Gasteiger partial charge in [-0.2, -0.15) is 0 Å². The molecule has 0 aromatic carbocycles. The number of esters is 1. The Labute approximate surface area is 115 Å². The minimum atomic E-state index is -0.957. The number of hydrogen-bond acceptors (Lipinski definition) is 3. The molecular weight excluding hydrogens is 244 g/mol. The Bertz CT molecular complexity index is 331. The van der Waals surface area contributed by atoms with E-state index in [4.69, 9.17) is 5.11 Å². The van der Waals surface area contributed by atoms with Crippen molar-refractivity contribution in [2.75, 3.05) is 0 Å². The fourth-order valence-electron chi connectivity index (χ4n) is 1.86. The molecule has 0 saturated heterocycles. The number of carbonyl (C=O) groups is 2. The van der Waals surface area contributed by atoms with Crippen molar-refractivity contribution in [3.05, 3.63) is 24.5 Å². The van der Waals surface area contributed by atoms with Gasteiger partial charge in [-0.1, -0.05) is 52.2 Å². The molecule has 4 nitrogen and oxygen atoms in total. The standard InChI is InChI=1S/C15H24O4/c1-4-7-8-12(5-2)11-13(15(17)18)9-10-14(16)19-6-3/h6,9,12H,3-5,7-8,10-11H2,1-2H3,(H,17,18). The molecule has 0 aromatic rings. The number of carboxylic acids is 1. The topological polar surface area (TPSA) is 63.6 Å². The van der Waals surface area contributed by atoms with Gasteiger partial charge in [0.15, 0.2) is 0 Å². The van der Waals surface area contributed by atoms with Crippen molar-refractivity contribution in [2.45, 2.75) is 52.4 Å². The Morgan fingerprint density at radius 3 is 2.53 bits per heavy atom. The Hall–Kier alpha value is -1.58. The van der Waals surface area contributed by atoms with Gasteiger partial charge in [-0.3, -0.25) is 4.79 Å². The molecule has 0 aliphatic heterocycles. The maximum absolute atomic E-state index is 11.2. The Morgan fingerprint density at radius 2 is 2.05 bits per heavy atom. The fraction of sp³-hybridized carbons (Fsp3) is 0.600. The highest BCUT2D eigenvalue weighted by molar-refractivity contribution is 5.87. The molecule has 0 fully saturated rings. The summed E-state index contributed by atoms with van der Waals surface area (Å²) >= 11 is 0. The first-order chi connectivity index (χ1) is 9.04. The Morgan fingerprint density at radius 1 is 1.37 bits per heavy atom. The predicted molar refractivity (Wildman–Crippen MR) is 74.5 cm³/mol. The smallest absolute Gasteiger partial charge is 0.331 e. The van der Waals surface area contributed by atoms with Crippen molar-refractivity contribution in [3.8, 4) is 0 Å². The van der Waals surface area contributed by atoms with E-state index in [1.807, 2.05) is 0 Å². The summed E-state index contributed by atoms with van der Waals surface area (Å²) in [5.41, 5.74) is 0.295. The largest absolute Gasteiger partial charge is 0.478 e. The minimum Gasteiger partial charge on any atom is -0.478 e. The van der Waals surface area contributed by atoms with Crippen LogP contribution in [0.3, 0.4) is 0 Å². The molecule has 1 N–H and O–H groups in total. The molecule has 4 heteroatoms. The maximum atomic E-state index is 11.2. The zero-order chi connectivity index (χ0) is 14.7. The van der Waals surface area contributed by atoms with Crippen LogP contribution in [0, 0.1) is 5.92 Å². The third kappa shape index (κ3) is 8.19. The zero-order valence-electron chi connectivity index (χ0n) is 11.9. The normalized spacial score (nSPS) is 12.8. The fourth-order valence-corrected chi connectivity index (χ4v) is 1.86. The van der Waals surface area contributed by atoms with Gasteiger partial charge in [0, 0.05) is 5.57 Å². The molecule has 0 spiro atoms. The molecule has 0 aliphatic rings. The highest BCUT2D eigenvalue weighted by Gasteiger charge is 2.14. The highest BCUT2D eigenvalue weighted by atomic mass is 16.5. The summed E-state index contributed by atoms with van der Waals surface area (Å²) in [6.07, 6.45) is 7.15. The highest BCUT2D eigenvalue weighted by Crippen LogP contribution is 2.21. The van der Waals surface area contributed by atoms with Gasteiger partial charge in [-0.05, 0) is 12.3 Å². The number of carbonyl (C=O) groups excluding carboxylic acids is 1.